The molecule has 0 aliphatic carbocycles. The number of fused-ring (bicyclic) bond motifs is 2. The Hall–Kier alpha value is -4.57. The molecule has 1 aliphatic rings. The number of ketones is 1. The lowest BCUT2D eigenvalue weighted by Gasteiger charge is -2.34. The van der Waals surface area contributed by atoms with E-state index in [1.54, 1.807) is 13.4 Å². The normalized spacial score (nSPS) is 14.0. The lowest BCUT2D eigenvalue weighted by Crippen LogP contribution is -2.51. The van der Waals surface area contributed by atoms with Crippen LogP contribution in [0.1, 0.15) is 36.7 Å². The van der Waals surface area contributed by atoms with Crippen LogP contribution in [-0.4, -0.2) is 85.8 Å². The van der Waals surface area contributed by atoms with Gasteiger partial charge in [-0.3, -0.25) is 14.4 Å². The summed E-state index contributed by atoms with van der Waals surface area (Å²) in [5.74, 6) is 0.153. The van der Waals surface area contributed by atoms with Crippen molar-refractivity contribution in [3.05, 3.63) is 84.1 Å². The Morgan fingerprint density at radius 1 is 1.00 bits per heavy atom. The maximum Gasteiger partial charge on any atom is 0.317 e. The first kappa shape index (κ1) is 28.5. The molecular weight excluding hydrogens is 540 g/mol. The number of amides is 2. The Morgan fingerprint density at radius 3 is 2.58 bits per heavy atom. The van der Waals surface area contributed by atoms with Gasteiger partial charge in [-0.2, -0.15) is 10.2 Å². The minimum atomic E-state index is -0.00924. The van der Waals surface area contributed by atoms with Crippen molar-refractivity contribution in [1.29, 1.82) is 0 Å². The van der Waals surface area contributed by atoms with Crippen LogP contribution < -0.4 is 5.32 Å². The molecule has 10 nitrogen and oxygen atoms in total. The largest absolute Gasteiger partial charge is 0.341 e. The molecule has 2 aromatic carbocycles. The molecule has 0 radical (unpaired) electrons. The standard InChI is InChI=1S/C33H38N8O2/c1-3-28(42)20-31-32-29(25-11-12-26-22-40(37-30(26)18-25)21-24-8-5-4-6-9-24)19-27(41(32)36-23-35-31)10-7-13-38-14-16-39(17-15-38)33(43)34-2/h4-6,8-9,11-12,18-19,22-23H,3,7,10,13-17,20-21H2,1-2H3,(H,34,43). The number of urea groups is 1. The van der Waals surface area contributed by atoms with Gasteiger partial charge < -0.3 is 10.2 Å². The third-order valence-electron chi connectivity index (χ3n) is 8.30. The van der Waals surface area contributed by atoms with Gasteiger partial charge in [0.25, 0.3) is 0 Å². The van der Waals surface area contributed by atoms with Crippen LogP contribution in [0.15, 0.2) is 67.1 Å². The molecule has 4 heterocycles. The first-order valence-corrected chi connectivity index (χ1v) is 15.1. The van der Waals surface area contributed by atoms with E-state index in [9.17, 15) is 9.59 Å². The molecule has 0 spiro atoms. The van der Waals surface area contributed by atoms with Crippen LogP contribution in [0, 0.1) is 0 Å². The highest BCUT2D eigenvalue weighted by Crippen LogP contribution is 2.32. The Morgan fingerprint density at radius 2 is 1.81 bits per heavy atom. The molecule has 222 valence electrons. The lowest BCUT2D eigenvalue weighted by molar-refractivity contribution is -0.118. The van der Waals surface area contributed by atoms with Crippen molar-refractivity contribution in [3.8, 4) is 11.1 Å². The summed E-state index contributed by atoms with van der Waals surface area (Å²) in [6, 6.07) is 18.9. The monoisotopic (exact) mass is 578 g/mol. The molecule has 1 N–H and O–H groups in total. The van der Waals surface area contributed by atoms with Crippen LogP contribution in [-0.2, 0) is 24.2 Å². The number of nitrogens with zero attached hydrogens (tertiary/aromatic N) is 7. The smallest absolute Gasteiger partial charge is 0.317 e. The summed E-state index contributed by atoms with van der Waals surface area (Å²) in [7, 11) is 1.68. The summed E-state index contributed by atoms with van der Waals surface area (Å²) < 4.78 is 3.96. The second-order valence-corrected chi connectivity index (χ2v) is 11.2. The number of aryl methyl sites for hydroxylation is 1. The molecule has 5 aromatic rings. The Labute approximate surface area is 251 Å². The SMILES string of the molecule is CCC(=O)Cc1ncnn2c(CCCN3CCN(C(=O)NC)CC3)cc(-c3ccc4cn(Cc5ccccc5)nc4c3)c12. The van der Waals surface area contributed by atoms with Gasteiger partial charge in [-0.05, 0) is 42.6 Å². The fourth-order valence-electron chi connectivity index (χ4n) is 5.91. The number of aromatic nitrogens is 5. The molecule has 10 heteroatoms. The molecule has 0 saturated carbocycles. The van der Waals surface area contributed by atoms with Crippen molar-refractivity contribution < 1.29 is 9.59 Å². The zero-order valence-corrected chi connectivity index (χ0v) is 24.9. The van der Waals surface area contributed by atoms with E-state index in [-0.39, 0.29) is 18.2 Å². The van der Waals surface area contributed by atoms with Crippen molar-refractivity contribution in [2.75, 3.05) is 39.8 Å². The third-order valence-corrected chi connectivity index (χ3v) is 8.30. The van der Waals surface area contributed by atoms with Gasteiger partial charge in [0, 0.05) is 62.5 Å². The number of nitrogens with one attached hydrogen (secondary N) is 1. The van der Waals surface area contributed by atoms with Crippen molar-refractivity contribution >= 4 is 28.2 Å². The van der Waals surface area contributed by atoms with Gasteiger partial charge in [0.2, 0.25) is 0 Å². The number of piperazine rings is 1. The van der Waals surface area contributed by atoms with Gasteiger partial charge in [-0.15, -0.1) is 0 Å². The maximum atomic E-state index is 12.5. The first-order valence-electron chi connectivity index (χ1n) is 15.1. The Kier molecular flexibility index (Phi) is 8.46. The molecule has 1 aliphatic heterocycles. The van der Waals surface area contributed by atoms with Crippen LogP contribution in [0.3, 0.4) is 0 Å². The van der Waals surface area contributed by atoms with Gasteiger partial charge in [0.1, 0.15) is 12.1 Å². The van der Waals surface area contributed by atoms with Crippen LogP contribution in [0.25, 0.3) is 27.5 Å². The Balaban J connectivity index is 1.26. The third kappa shape index (κ3) is 6.29. The fraction of sp³-hybridized carbons (Fsp3) is 0.364. The minimum Gasteiger partial charge on any atom is -0.341 e. The van der Waals surface area contributed by atoms with E-state index in [0.717, 1.165) is 84.5 Å². The summed E-state index contributed by atoms with van der Waals surface area (Å²) in [6.07, 6.45) is 6.19. The number of hydrogen-bond acceptors (Lipinski definition) is 6. The van der Waals surface area contributed by atoms with Gasteiger partial charge in [0.15, 0.2) is 0 Å². The number of rotatable bonds is 10. The molecule has 1 saturated heterocycles. The summed E-state index contributed by atoms with van der Waals surface area (Å²) in [5.41, 5.74) is 6.92. The molecule has 0 unspecified atom stereocenters. The molecule has 43 heavy (non-hydrogen) atoms. The quantitative estimate of drug-likeness (QED) is 0.267. The highest BCUT2D eigenvalue weighted by molar-refractivity contribution is 5.91. The zero-order chi connectivity index (χ0) is 29.8. The number of carbonyl (C=O) groups excluding carboxylic acids is 2. The predicted octanol–water partition coefficient (Wildman–Crippen LogP) is 4.21. The zero-order valence-electron chi connectivity index (χ0n) is 24.9. The number of hydrogen-bond donors (Lipinski definition) is 1. The summed E-state index contributed by atoms with van der Waals surface area (Å²) in [6.45, 7) is 6.77. The number of carbonyl (C=O) groups is 2. The maximum absolute atomic E-state index is 12.5. The van der Waals surface area contributed by atoms with Crippen LogP contribution >= 0.6 is 0 Å². The van der Waals surface area contributed by atoms with E-state index in [1.165, 1.54) is 5.56 Å². The van der Waals surface area contributed by atoms with E-state index in [1.807, 2.05) is 39.2 Å². The van der Waals surface area contributed by atoms with Crippen molar-refractivity contribution in [3.63, 3.8) is 0 Å². The highest BCUT2D eigenvalue weighted by Gasteiger charge is 2.21. The summed E-state index contributed by atoms with van der Waals surface area (Å²) >= 11 is 0. The van der Waals surface area contributed by atoms with E-state index in [4.69, 9.17) is 5.10 Å². The average Bonchev–Trinajstić information content (AvgIpc) is 3.62. The molecule has 1 fully saturated rings. The lowest BCUT2D eigenvalue weighted by atomic mass is 10.0. The number of Topliss-reactive ketones (excluding diaryl/α,β-unsaturated/α-hetero) is 1. The van der Waals surface area contributed by atoms with Gasteiger partial charge >= 0.3 is 6.03 Å². The average molecular weight is 579 g/mol. The first-order chi connectivity index (χ1) is 21.0. The second kappa shape index (κ2) is 12.7. The van der Waals surface area contributed by atoms with E-state index < -0.39 is 0 Å². The fourth-order valence-corrected chi connectivity index (χ4v) is 5.91. The van der Waals surface area contributed by atoms with E-state index in [0.29, 0.717) is 13.0 Å². The summed E-state index contributed by atoms with van der Waals surface area (Å²) in [5, 5.41) is 13.3. The van der Waals surface area contributed by atoms with E-state index >= 15 is 0 Å². The molecule has 3 aromatic heterocycles. The second-order valence-electron chi connectivity index (χ2n) is 11.2. The van der Waals surface area contributed by atoms with Crippen molar-refractivity contribution in [2.24, 2.45) is 0 Å². The predicted molar refractivity (Wildman–Crippen MR) is 167 cm³/mol. The Bertz CT molecular complexity index is 1730. The molecular formula is C33H38N8O2. The van der Waals surface area contributed by atoms with Crippen LogP contribution in [0.5, 0.6) is 0 Å². The summed E-state index contributed by atoms with van der Waals surface area (Å²) in [4.78, 5) is 33.3. The minimum absolute atomic E-state index is 0.00924. The van der Waals surface area contributed by atoms with Crippen LogP contribution in [0.2, 0.25) is 0 Å². The van der Waals surface area contributed by atoms with Crippen LogP contribution in [0.4, 0.5) is 4.79 Å². The number of benzene rings is 2. The van der Waals surface area contributed by atoms with Crippen molar-refractivity contribution in [2.45, 2.75) is 39.2 Å². The van der Waals surface area contributed by atoms with Gasteiger partial charge in [0.05, 0.1) is 29.7 Å². The molecule has 0 bridgehead atoms. The molecule has 6 rings (SSSR count). The van der Waals surface area contributed by atoms with Crippen molar-refractivity contribution in [1.82, 2.24) is 39.5 Å². The van der Waals surface area contributed by atoms with Gasteiger partial charge in [-0.1, -0.05) is 49.4 Å². The molecule has 0 atom stereocenters. The van der Waals surface area contributed by atoms with E-state index in [2.05, 4.69) is 62.9 Å². The molecule has 2 amide bonds. The topological polar surface area (TPSA) is 101 Å². The highest BCUT2D eigenvalue weighted by atomic mass is 16.2. The van der Waals surface area contributed by atoms with Gasteiger partial charge in [-0.25, -0.2) is 14.3 Å².